The summed E-state index contributed by atoms with van der Waals surface area (Å²) >= 11 is 0. The second kappa shape index (κ2) is 4.51. The van der Waals surface area contributed by atoms with Crippen molar-refractivity contribution in [2.75, 3.05) is 5.73 Å². The third kappa shape index (κ3) is 3.38. The fourth-order valence-corrected chi connectivity index (χ4v) is 2.14. The number of nitrogens with zero attached hydrogens (tertiary/aromatic N) is 2. The molecule has 0 spiro atoms. The molecular weight excluding hydrogens is 299 g/mol. The Morgan fingerprint density at radius 2 is 2.06 bits per heavy atom. The van der Waals surface area contributed by atoms with E-state index in [1.165, 1.54) is 6.07 Å². The molecule has 0 aliphatic rings. The first kappa shape index (κ1) is 14.3. The van der Waals surface area contributed by atoms with Crippen molar-refractivity contribution >= 4 is 25.6 Å². The second-order valence-corrected chi connectivity index (χ2v) is 5.33. The summed E-state index contributed by atoms with van der Waals surface area (Å²) in [5, 5.41) is 8.64. The summed E-state index contributed by atoms with van der Waals surface area (Å²) in [6.45, 7) is 0. The average Bonchev–Trinajstić information content (AvgIpc) is 2.11. The van der Waals surface area contributed by atoms with E-state index in [0.29, 0.717) is 0 Å². The van der Waals surface area contributed by atoms with Crippen LogP contribution in [0, 0.1) is 11.3 Å². The van der Waals surface area contributed by atoms with Crippen LogP contribution in [-0.2, 0) is 9.05 Å². The Morgan fingerprint density at radius 3 is 2.44 bits per heavy atom. The summed E-state index contributed by atoms with van der Waals surface area (Å²) in [6.07, 6.45) is -5.20. The molecule has 2 N–H and O–H groups in total. The van der Waals surface area contributed by atoms with Gasteiger partial charge in [-0.3, -0.25) is 0 Å². The lowest BCUT2D eigenvalue weighted by Gasteiger charge is -2.11. The molecule has 0 atom stereocenters. The molecule has 0 radical (unpaired) electrons. The first-order valence-electron chi connectivity index (χ1n) is 3.95. The van der Waals surface area contributed by atoms with Crippen LogP contribution >= 0.6 is 10.7 Å². The van der Waals surface area contributed by atoms with Gasteiger partial charge < -0.3 is 10.5 Å². The fraction of sp³-hybridized carbons (Fsp3) is 0.143. The number of rotatable bonds is 2. The van der Waals surface area contributed by atoms with Crippen molar-refractivity contribution in [3.05, 3.63) is 11.6 Å². The number of pyridine rings is 1. The lowest BCUT2D eigenvalue weighted by molar-refractivity contribution is -0.277. The van der Waals surface area contributed by atoms with E-state index < -0.39 is 37.6 Å². The van der Waals surface area contributed by atoms with Gasteiger partial charge in [0.1, 0.15) is 11.9 Å². The van der Waals surface area contributed by atoms with Gasteiger partial charge in [0.15, 0.2) is 4.90 Å². The summed E-state index contributed by atoms with van der Waals surface area (Å²) in [6, 6.07) is 2.10. The maximum atomic E-state index is 12.1. The largest absolute Gasteiger partial charge is 0.574 e. The van der Waals surface area contributed by atoms with Gasteiger partial charge in [0.05, 0.1) is 5.56 Å². The zero-order chi connectivity index (χ0) is 14.1. The predicted molar refractivity (Wildman–Crippen MR) is 53.1 cm³/mol. The van der Waals surface area contributed by atoms with E-state index in [4.69, 9.17) is 21.7 Å². The Morgan fingerprint density at radius 1 is 1.50 bits per heavy atom. The Bertz CT molecular complexity index is 623. The van der Waals surface area contributed by atoms with Crippen LogP contribution in [0.3, 0.4) is 0 Å². The molecule has 18 heavy (non-hydrogen) atoms. The molecule has 1 aromatic rings. The molecule has 11 heteroatoms. The Hall–Kier alpha value is -1.73. The first-order chi connectivity index (χ1) is 8.04. The van der Waals surface area contributed by atoms with Gasteiger partial charge in [0.25, 0.3) is 9.05 Å². The first-order valence-corrected chi connectivity index (χ1v) is 6.26. The molecule has 0 saturated heterocycles. The van der Waals surface area contributed by atoms with Crippen LogP contribution in [0.1, 0.15) is 5.56 Å². The van der Waals surface area contributed by atoms with E-state index in [1.807, 2.05) is 0 Å². The number of alkyl halides is 3. The van der Waals surface area contributed by atoms with Gasteiger partial charge in [-0.1, -0.05) is 0 Å². The van der Waals surface area contributed by atoms with Crippen molar-refractivity contribution in [2.24, 2.45) is 0 Å². The summed E-state index contributed by atoms with van der Waals surface area (Å²) in [7, 11) is 0.263. The Kier molecular flexibility index (Phi) is 3.59. The summed E-state index contributed by atoms with van der Waals surface area (Å²) in [5.74, 6) is -1.91. The number of halogens is 4. The van der Waals surface area contributed by atoms with Crippen molar-refractivity contribution < 1.29 is 26.3 Å². The molecule has 0 aliphatic carbocycles. The SMILES string of the molecule is N#Cc1cc(N)nc(OC(F)(F)F)c1S(=O)(=O)Cl. The van der Waals surface area contributed by atoms with Crippen molar-refractivity contribution in [2.45, 2.75) is 11.3 Å². The molecule has 6 nitrogen and oxygen atoms in total. The second-order valence-electron chi connectivity index (χ2n) is 2.83. The van der Waals surface area contributed by atoms with E-state index in [1.54, 1.807) is 0 Å². The van der Waals surface area contributed by atoms with E-state index >= 15 is 0 Å². The van der Waals surface area contributed by atoms with Gasteiger partial charge in [-0.25, -0.2) is 8.42 Å². The standard InChI is InChI=1S/C7H3ClF3N3O3S/c8-18(15,16)5-3(2-12)1-4(13)14-6(5)17-7(9,10)11/h1H,(H2,13,14). The van der Waals surface area contributed by atoms with Crippen LogP contribution < -0.4 is 10.5 Å². The lowest BCUT2D eigenvalue weighted by Crippen LogP contribution is -2.20. The number of nitrogen functional groups attached to an aromatic ring is 1. The summed E-state index contributed by atoms with van der Waals surface area (Å²) < 4.78 is 61.8. The lowest BCUT2D eigenvalue weighted by atomic mass is 10.3. The smallest absolute Gasteiger partial charge is 0.386 e. The van der Waals surface area contributed by atoms with E-state index in [9.17, 15) is 21.6 Å². The number of hydrogen-bond donors (Lipinski definition) is 1. The van der Waals surface area contributed by atoms with Crippen molar-refractivity contribution in [1.29, 1.82) is 5.26 Å². The number of ether oxygens (including phenoxy) is 1. The molecular formula is C7H3ClF3N3O3S. The highest BCUT2D eigenvalue weighted by atomic mass is 35.7. The van der Waals surface area contributed by atoms with Gasteiger partial charge in [0, 0.05) is 10.7 Å². The maximum absolute atomic E-state index is 12.1. The minimum Gasteiger partial charge on any atom is -0.386 e. The van der Waals surface area contributed by atoms with Gasteiger partial charge in [-0.05, 0) is 6.07 Å². The summed E-state index contributed by atoms with van der Waals surface area (Å²) in [4.78, 5) is 1.87. The molecule has 1 rings (SSSR count). The third-order valence-electron chi connectivity index (χ3n) is 1.54. The number of aromatic nitrogens is 1. The quantitative estimate of drug-likeness (QED) is 0.827. The van der Waals surface area contributed by atoms with Gasteiger partial charge in [-0.15, -0.1) is 13.2 Å². The average molecular weight is 302 g/mol. The molecule has 1 aromatic heterocycles. The van der Waals surface area contributed by atoms with Crippen molar-refractivity contribution in [3.63, 3.8) is 0 Å². The van der Waals surface area contributed by atoms with Crippen LogP contribution in [0.2, 0.25) is 0 Å². The number of nitriles is 1. The van der Waals surface area contributed by atoms with Crippen LogP contribution in [0.5, 0.6) is 5.88 Å². The van der Waals surface area contributed by atoms with Crippen molar-refractivity contribution in [1.82, 2.24) is 4.98 Å². The topological polar surface area (TPSA) is 106 Å². The van der Waals surface area contributed by atoms with Crippen LogP contribution in [0.25, 0.3) is 0 Å². The molecule has 0 saturated carbocycles. The molecule has 0 fully saturated rings. The Balaban J connectivity index is 3.60. The van der Waals surface area contributed by atoms with E-state index in [-0.39, 0.29) is 0 Å². The number of nitrogens with two attached hydrogens (primary N) is 1. The van der Waals surface area contributed by atoms with Crippen LogP contribution in [-0.4, -0.2) is 19.8 Å². The predicted octanol–water partition coefficient (Wildman–Crippen LogP) is 1.36. The number of anilines is 1. The highest BCUT2D eigenvalue weighted by Crippen LogP contribution is 2.33. The highest BCUT2D eigenvalue weighted by molar-refractivity contribution is 8.13. The third-order valence-corrected chi connectivity index (χ3v) is 2.88. The van der Waals surface area contributed by atoms with Crippen LogP contribution in [0.4, 0.5) is 19.0 Å². The monoisotopic (exact) mass is 301 g/mol. The fourth-order valence-electron chi connectivity index (χ4n) is 1.03. The maximum Gasteiger partial charge on any atom is 0.574 e. The number of hydrogen-bond acceptors (Lipinski definition) is 6. The molecule has 0 unspecified atom stereocenters. The van der Waals surface area contributed by atoms with Crippen molar-refractivity contribution in [3.8, 4) is 11.9 Å². The molecule has 0 bridgehead atoms. The molecule has 1 heterocycles. The van der Waals surface area contributed by atoms with Gasteiger partial charge >= 0.3 is 6.36 Å². The Labute approximate surface area is 103 Å². The molecule has 0 amide bonds. The zero-order valence-electron chi connectivity index (χ0n) is 8.19. The normalized spacial score (nSPS) is 11.9. The molecule has 98 valence electrons. The van der Waals surface area contributed by atoms with Crippen LogP contribution in [0.15, 0.2) is 11.0 Å². The van der Waals surface area contributed by atoms with Gasteiger partial charge in [-0.2, -0.15) is 10.2 Å². The van der Waals surface area contributed by atoms with E-state index in [2.05, 4.69) is 9.72 Å². The minimum atomic E-state index is -5.20. The minimum absolute atomic E-state index is 0.519. The molecule has 0 aromatic carbocycles. The van der Waals surface area contributed by atoms with E-state index in [0.717, 1.165) is 6.07 Å². The highest BCUT2D eigenvalue weighted by Gasteiger charge is 2.36. The molecule has 0 aliphatic heterocycles. The van der Waals surface area contributed by atoms with Gasteiger partial charge in [0.2, 0.25) is 5.88 Å². The summed E-state index contributed by atoms with van der Waals surface area (Å²) in [5.41, 5.74) is 4.42. The zero-order valence-corrected chi connectivity index (χ0v) is 9.77.